The zero-order chi connectivity index (χ0) is 21.1. The largest absolute Gasteiger partial charge is 0.467 e. The van der Waals surface area contributed by atoms with Crippen LogP contribution in [-0.4, -0.2) is 46.9 Å². The maximum absolute atomic E-state index is 11.0. The third-order valence-corrected chi connectivity index (χ3v) is 4.29. The zero-order valence-corrected chi connectivity index (χ0v) is 17.2. The van der Waals surface area contributed by atoms with Crippen LogP contribution >= 0.6 is 0 Å². The van der Waals surface area contributed by atoms with Gasteiger partial charge in [0.05, 0.1) is 6.61 Å². The molecule has 0 aliphatic carbocycles. The molecule has 7 heteroatoms. The number of hydrogen-bond donors (Lipinski definition) is 1. The van der Waals surface area contributed by atoms with Crippen LogP contribution in [0.3, 0.4) is 0 Å². The third kappa shape index (κ3) is 6.45. The molecule has 2 N–H and O–H groups in total. The molecule has 0 atom stereocenters. The summed E-state index contributed by atoms with van der Waals surface area (Å²) in [4.78, 5) is 11.0. The van der Waals surface area contributed by atoms with Crippen molar-refractivity contribution in [2.45, 2.75) is 19.8 Å². The molecule has 0 spiro atoms. The maximum atomic E-state index is 11.0. The fourth-order valence-electron chi connectivity index (χ4n) is 3.15. The molecule has 0 aliphatic heterocycles. The molecule has 1 amide bonds. The Morgan fingerprint density at radius 2 is 1.62 bits per heavy atom. The quantitative estimate of drug-likeness (QED) is 0.409. The minimum Gasteiger partial charge on any atom is -0.467 e. The Labute approximate surface area is 171 Å². The zero-order valence-electron chi connectivity index (χ0n) is 17.2. The van der Waals surface area contributed by atoms with Crippen molar-refractivity contribution in [3.63, 3.8) is 0 Å². The lowest BCUT2D eigenvalue weighted by Crippen LogP contribution is -2.19. The number of benzene rings is 2. The molecule has 0 saturated carbocycles. The molecule has 0 fully saturated rings. The number of methoxy groups -OCH3 is 2. The predicted octanol–water partition coefficient (Wildman–Crippen LogP) is 2.93. The number of amides is 1. The van der Waals surface area contributed by atoms with Gasteiger partial charge in [0.2, 0.25) is 5.91 Å². The number of carbonyl (C=O) groups is 1. The summed E-state index contributed by atoms with van der Waals surface area (Å²) in [7, 11) is 3.15. The van der Waals surface area contributed by atoms with Crippen molar-refractivity contribution in [3.8, 4) is 22.6 Å². The van der Waals surface area contributed by atoms with Crippen molar-refractivity contribution < 1.29 is 28.5 Å². The summed E-state index contributed by atoms with van der Waals surface area (Å²) in [5.41, 5.74) is 9.20. The van der Waals surface area contributed by atoms with Gasteiger partial charge < -0.3 is 29.4 Å². The van der Waals surface area contributed by atoms with Crippen molar-refractivity contribution in [1.29, 1.82) is 0 Å². The van der Waals surface area contributed by atoms with Gasteiger partial charge in [-0.2, -0.15) is 0 Å². The molecule has 0 aliphatic rings. The van der Waals surface area contributed by atoms with Crippen LogP contribution in [0.4, 0.5) is 0 Å². The molecule has 0 bridgehead atoms. The van der Waals surface area contributed by atoms with E-state index in [0.29, 0.717) is 24.5 Å². The van der Waals surface area contributed by atoms with Gasteiger partial charge in [0.25, 0.3) is 0 Å². The first-order chi connectivity index (χ1) is 14.1. The summed E-state index contributed by atoms with van der Waals surface area (Å²) < 4.78 is 27.3. The number of primary amides is 1. The molecule has 2 aromatic carbocycles. The van der Waals surface area contributed by atoms with Gasteiger partial charge >= 0.3 is 0 Å². The maximum Gasteiger partial charge on any atom is 0.243 e. The minimum atomic E-state index is -0.495. The van der Waals surface area contributed by atoms with E-state index in [0.717, 1.165) is 28.7 Å². The molecule has 0 radical (unpaired) electrons. The average Bonchev–Trinajstić information content (AvgIpc) is 2.73. The highest BCUT2D eigenvalue weighted by Gasteiger charge is 2.20. The molecular formula is C22H29NO6. The fraction of sp³-hybridized carbons (Fsp3) is 0.409. The smallest absolute Gasteiger partial charge is 0.243 e. The second-order valence-corrected chi connectivity index (χ2v) is 6.30. The first kappa shape index (κ1) is 22.7. The molecule has 2 rings (SSSR count). The Morgan fingerprint density at radius 3 is 2.21 bits per heavy atom. The molecular weight excluding hydrogens is 374 g/mol. The second-order valence-electron chi connectivity index (χ2n) is 6.30. The molecule has 0 unspecified atom stereocenters. The van der Waals surface area contributed by atoms with Crippen LogP contribution in [0.2, 0.25) is 0 Å². The number of hydrogen-bond acceptors (Lipinski definition) is 6. The molecule has 0 saturated heterocycles. The summed E-state index contributed by atoms with van der Waals surface area (Å²) in [6, 6.07) is 11.8. The van der Waals surface area contributed by atoms with E-state index in [1.165, 1.54) is 0 Å². The monoisotopic (exact) mass is 403 g/mol. The summed E-state index contributed by atoms with van der Waals surface area (Å²) >= 11 is 0. The molecule has 0 heterocycles. The highest BCUT2D eigenvalue weighted by molar-refractivity contribution is 5.77. The van der Waals surface area contributed by atoms with Crippen molar-refractivity contribution >= 4 is 5.91 Å². The molecule has 29 heavy (non-hydrogen) atoms. The lowest BCUT2D eigenvalue weighted by Gasteiger charge is -2.22. The highest BCUT2D eigenvalue weighted by Crippen LogP contribution is 2.41. The van der Waals surface area contributed by atoms with Crippen molar-refractivity contribution in [2.24, 2.45) is 5.73 Å². The standard InChI is InChI=1S/C22H29NO6/c1-4-17-18(10-11-27-13-21(23)24)22(16-8-6-5-7-9-16)20(29-15-26-3)12-19(17)28-14-25-2/h5-9,12H,4,10-11,13-15H2,1-3H3,(H2,23,24). The SMILES string of the molecule is CCc1c(OCOC)cc(OCOC)c(-c2ccccc2)c1CCOCC(N)=O. The normalized spacial score (nSPS) is 10.7. The Balaban J connectivity index is 2.55. The Morgan fingerprint density at radius 1 is 0.966 bits per heavy atom. The summed E-state index contributed by atoms with van der Waals surface area (Å²) in [5.74, 6) is 0.835. The molecule has 7 nitrogen and oxygen atoms in total. The average molecular weight is 403 g/mol. The topological polar surface area (TPSA) is 89.2 Å². The highest BCUT2D eigenvalue weighted by atomic mass is 16.7. The van der Waals surface area contributed by atoms with E-state index in [2.05, 4.69) is 6.92 Å². The van der Waals surface area contributed by atoms with Gasteiger partial charge in [-0.3, -0.25) is 4.79 Å². The summed E-state index contributed by atoms with van der Waals surface area (Å²) in [5, 5.41) is 0. The van der Waals surface area contributed by atoms with Crippen molar-refractivity contribution in [3.05, 3.63) is 47.5 Å². The summed E-state index contributed by atoms with van der Waals surface area (Å²) in [6.07, 6.45) is 1.31. The van der Waals surface area contributed by atoms with Crippen LogP contribution in [0.5, 0.6) is 11.5 Å². The number of nitrogens with two attached hydrogens (primary N) is 1. The van der Waals surface area contributed by atoms with E-state index >= 15 is 0 Å². The Hall–Kier alpha value is -2.61. The number of rotatable bonds is 13. The molecule has 2 aromatic rings. The van der Waals surface area contributed by atoms with Crippen molar-refractivity contribution in [1.82, 2.24) is 0 Å². The van der Waals surface area contributed by atoms with Crippen LogP contribution < -0.4 is 15.2 Å². The van der Waals surface area contributed by atoms with E-state index in [9.17, 15) is 4.79 Å². The first-order valence-electron chi connectivity index (χ1n) is 9.46. The van der Waals surface area contributed by atoms with Gasteiger partial charge in [0.1, 0.15) is 18.1 Å². The third-order valence-electron chi connectivity index (χ3n) is 4.29. The van der Waals surface area contributed by atoms with Gasteiger partial charge in [-0.05, 0) is 29.5 Å². The van der Waals surface area contributed by atoms with E-state index in [4.69, 9.17) is 29.4 Å². The fourth-order valence-corrected chi connectivity index (χ4v) is 3.15. The van der Waals surface area contributed by atoms with Gasteiger partial charge in [-0.15, -0.1) is 0 Å². The minimum absolute atomic E-state index is 0.104. The lowest BCUT2D eigenvalue weighted by molar-refractivity contribution is -0.122. The number of carbonyl (C=O) groups excluding carboxylic acids is 1. The van der Waals surface area contributed by atoms with E-state index in [1.807, 2.05) is 36.4 Å². The van der Waals surface area contributed by atoms with Gasteiger partial charge in [-0.1, -0.05) is 37.3 Å². The van der Waals surface area contributed by atoms with E-state index < -0.39 is 5.91 Å². The van der Waals surface area contributed by atoms with E-state index in [-0.39, 0.29) is 20.2 Å². The van der Waals surface area contributed by atoms with Gasteiger partial charge in [0.15, 0.2) is 13.6 Å². The molecule has 158 valence electrons. The van der Waals surface area contributed by atoms with Crippen LogP contribution in [0.1, 0.15) is 18.1 Å². The van der Waals surface area contributed by atoms with Crippen molar-refractivity contribution in [2.75, 3.05) is 41.0 Å². The van der Waals surface area contributed by atoms with Gasteiger partial charge in [-0.25, -0.2) is 0 Å². The Kier molecular flexibility index (Phi) is 9.43. The summed E-state index contributed by atoms with van der Waals surface area (Å²) in [6.45, 7) is 2.52. The van der Waals surface area contributed by atoms with Crippen LogP contribution in [0.15, 0.2) is 36.4 Å². The predicted molar refractivity (Wildman–Crippen MR) is 110 cm³/mol. The van der Waals surface area contributed by atoms with Gasteiger partial charge in [0, 0.05) is 25.8 Å². The van der Waals surface area contributed by atoms with E-state index in [1.54, 1.807) is 14.2 Å². The Bertz CT molecular complexity index is 779. The number of ether oxygens (including phenoxy) is 5. The lowest BCUT2D eigenvalue weighted by atomic mass is 9.90. The van der Waals surface area contributed by atoms with Crippen LogP contribution in [-0.2, 0) is 31.8 Å². The first-order valence-corrected chi connectivity index (χ1v) is 9.46. The van der Waals surface area contributed by atoms with Crippen LogP contribution in [0.25, 0.3) is 11.1 Å². The second kappa shape index (κ2) is 12.1. The van der Waals surface area contributed by atoms with Crippen LogP contribution in [0, 0.1) is 0 Å². The molecule has 0 aromatic heterocycles.